The zero-order chi connectivity index (χ0) is 15.1. The van der Waals surface area contributed by atoms with Gasteiger partial charge in [0.25, 0.3) is 0 Å². The van der Waals surface area contributed by atoms with E-state index in [2.05, 4.69) is 44.2 Å². The lowest BCUT2D eigenvalue weighted by Gasteiger charge is -2.20. The fourth-order valence-electron chi connectivity index (χ4n) is 2.19. The van der Waals surface area contributed by atoms with Gasteiger partial charge >= 0.3 is 0 Å². The van der Waals surface area contributed by atoms with Gasteiger partial charge in [-0.15, -0.1) is 0 Å². The highest BCUT2D eigenvalue weighted by Gasteiger charge is 2.17. The first-order valence-corrected chi connectivity index (χ1v) is 7.86. The van der Waals surface area contributed by atoms with Gasteiger partial charge in [0.2, 0.25) is 5.88 Å². The Labute approximate surface area is 134 Å². The molecule has 2 aromatic rings. The Balaban J connectivity index is 2.23. The van der Waals surface area contributed by atoms with Crippen LogP contribution in [0.15, 0.2) is 41.1 Å². The van der Waals surface area contributed by atoms with E-state index in [0.717, 1.165) is 35.1 Å². The molecule has 0 aliphatic heterocycles. The summed E-state index contributed by atoms with van der Waals surface area (Å²) in [5.41, 5.74) is 2.11. The highest BCUT2D eigenvalue weighted by molar-refractivity contribution is 9.10. The average molecular weight is 350 g/mol. The van der Waals surface area contributed by atoms with Gasteiger partial charge in [0.05, 0.1) is 7.11 Å². The third kappa shape index (κ3) is 4.51. The number of aromatic nitrogens is 2. The first-order valence-electron chi connectivity index (χ1n) is 7.07. The van der Waals surface area contributed by atoms with E-state index < -0.39 is 0 Å². The third-order valence-corrected chi connectivity index (χ3v) is 3.68. The van der Waals surface area contributed by atoms with Crippen LogP contribution in [0.25, 0.3) is 0 Å². The summed E-state index contributed by atoms with van der Waals surface area (Å²) < 4.78 is 6.37. The molecule has 0 radical (unpaired) electrons. The van der Waals surface area contributed by atoms with E-state index in [1.807, 2.05) is 24.4 Å². The molecule has 5 heteroatoms. The van der Waals surface area contributed by atoms with Crippen LogP contribution in [0.3, 0.4) is 0 Å². The molecule has 0 saturated carbocycles. The second-order valence-electron chi connectivity index (χ2n) is 4.78. The van der Waals surface area contributed by atoms with Crippen molar-refractivity contribution in [1.29, 1.82) is 0 Å². The summed E-state index contributed by atoms with van der Waals surface area (Å²) in [5, 5.41) is 3.55. The zero-order valence-corrected chi connectivity index (χ0v) is 13.9. The molecule has 2 rings (SSSR count). The minimum atomic E-state index is 0.141. The number of rotatable bonds is 7. The van der Waals surface area contributed by atoms with Crippen LogP contribution >= 0.6 is 15.9 Å². The molecule has 21 heavy (non-hydrogen) atoms. The molecule has 0 aromatic carbocycles. The second kappa shape index (κ2) is 8.10. The van der Waals surface area contributed by atoms with Crippen molar-refractivity contribution in [3.63, 3.8) is 0 Å². The maximum absolute atomic E-state index is 5.38. The number of hydrogen-bond donors (Lipinski definition) is 1. The first-order chi connectivity index (χ1) is 10.2. The summed E-state index contributed by atoms with van der Waals surface area (Å²) in [7, 11) is 1.65. The Morgan fingerprint density at radius 1 is 1.29 bits per heavy atom. The van der Waals surface area contributed by atoms with Gasteiger partial charge in [-0.1, -0.05) is 13.0 Å². The lowest BCUT2D eigenvalue weighted by Crippen LogP contribution is -2.25. The van der Waals surface area contributed by atoms with Gasteiger partial charge in [-0.2, -0.15) is 0 Å². The van der Waals surface area contributed by atoms with Crippen LogP contribution in [0.2, 0.25) is 0 Å². The van der Waals surface area contributed by atoms with Gasteiger partial charge in [-0.25, -0.2) is 4.98 Å². The van der Waals surface area contributed by atoms with E-state index in [0.29, 0.717) is 5.88 Å². The van der Waals surface area contributed by atoms with Gasteiger partial charge in [0, 0.05) is 40.6 Å². The molecular formula is C16H20BrN3O. The van der Waals surface area contributed by atoms with Gasteiger partial charge in [0.15, 0.2) is 0 Å². The van der Waals surface area contributed by atoms with Crippen molar-refractivity contribution >= 4 is 15.9 Å². The fraction of sp³-hybridized carbons (Fsp3) is 0.375. The highest BCUT2D eigenvalue weighted by atomic mass is 79.9. The number of pyridine rings is 2. The summed E-state index contributed by atoms with van der Waals surface area (Å²) in [4.78, 5) is 8.75. The third-order valence-electron chi connectivity index (χ3n) is 3.21. The molecule has 0 amide bonds. The normalized spacial score (nSPS) is 12.1. The van der Waals surface area contributed by atoms with Gasteiger partial charge < -0.3 is 10.1 Å². The fourth-order valence-corrected chi connectivity index (χ4v) is 2.42. The van der Waals surface area contributed by atoms with Crippen LogP contribution in [-0.4, -0.2) is 23.6 Å². The van der Waals surface area contributed by atoms with Gasteiger partial charge in [-0.3, -0.25) is 4.98 Å². The summed E-state index contributed by atoms with van der Waals surface area (Å²) in [5.74, 6) is 0.670. The maximum Gasteiger partial charge on any atom is 0.217 e. The predicted molar refractivity (Wildman–Crippen MR) is 87.5 cm³/mol. The zero-order valence-electron chi connectivity index (χ0n) is 12.3. The molecule has 0 aliphatic carbocycles. The maximum atomic E-state index is 5.38. The lowest BCUT2D eigenvalue weighted by atomic mass is 10.0. The molecule has 1 unspecified atom stereocenters. The Kier molecular flexibility index (Phi) is 6.14. The number of hydrogen-bond acceptors (Lipinski definition) is 4. The molecule has 1 N–H and O–H groups in total. The molecule has 2 heterocycles. The van der Waals surface area contributed by atoms with Crippen LogP contribution in [-0.2, 0) is 6.42 Å². The van der Waals surface area contributed by atoms with Crippen LogP contribution in [0, 0.1) is 0 Å². The second-order valence-corrected chi connectivity index (χ2v) is 5.70. The van der Waals surface area contributed by atoms with Gasteiger partial charge in [-0.05, 0) is 47.1 Å². The smallest absolute Gasteiger partial charge is 0.217 e. The molecule has 0 aliphatic rings. The molecule has 4 nitrogen and oxygen atoms in total. The van der Waals surface area contributed by atoms with Crippen molar-refractivity contribution in [2.24, 2.45) is 0 Å². The van der Waals surface area contributed by atoms with E-state index in [4.69, 9.17) is 4.74 Å². The SMILES string of the molecule is CCCNC(Cc1ccc(Br)cn1)c1cccnc1OC. The van der Waals surface area contributed by atoms with E-state index in [9.17, 15) is 0 Å². The Bertz CT molecular complexity index is 560. The quantitative estimate of drug-likeness (QED) is 0.830. The monoisotopic (exact) mass is 349 g/mol. The number of nitrogens with one attached hydrogen (secondary N) is 1. The van der Waals surface area contributed by atoms with Crippen molar-refractivity contribution in [2.75, 3.05) is 13.7 Å². The Hall–Kier alpha value is -1.46. The molecule has 0 saturated heterocycles. The molecular weight excluding hydrogens is 330 g/mol. The topological polar surface area (TPSA) is 47.0 Å². The largest absolute Gasteiger partial charge is 0.481 e. The van der Waals surface area contributed by atoms with E-state index >= 15 is 0 Å². The van der Waals surface area contributed by atoms with E-state index in [-0.39, 0.29) is 6.04 Å². The standard InChI is InChI=1S/C16H20BrN3O/c1-3-8-18-15(10-13-7-6-12(17)11-20-13)14-5-4-9-19-16(14)21-2/h4-7,9,11,15,18H,3,8,10H2,1-2H3. The van der Waals surface area contributed by atoms with Crippen molar-refractivity contribution in [3.05, 3.63) is 52.4 Å². The van der Waals surface area contributed by atoms with E-state index in [1.54, 1.807) is 13.3 Å². The Morgan fingerprint density at radius 3 is 2.81 bits per heavy atom. The summed E-state index contributed by atoms with van der Waals surface area (Å²) >= 11 is 3.41. The predicted octanol–water partition coefficient (Wildman–Crippen LogP) is 3.53. The molecule has 0 bridgehead atoms. The number of ether oxygens (including phenoxy) is 1. The molecule has 2 aromatic heterocycles. The van der Waals surface area contributed by atoms with Crippen LogP contribution in [0.5, 0.6) is 5.88 Å². The van der Waals surface area contributed by atoms with Crippen molar-refractivity contribution in [2.45, 2.75) is 25.8 Å². The van der Waals surface area contributed by atoms with E-state index in [1.165, 1.54) is 0 Å². The minimum absolute atomic E-state index is 0.141. The molecule has 0 fully saturated rings. The summed E-state index contributed by atoms with van der Waals surface area (Å²) in [6.07, 6.45) is 5.45. The molecule has 0 spiro atoms. The Morgan fingerprint density at radius 2 is 2.14 bits per heavy atom. The van der Waals surface area contributed by atoms with Gasteiger partial charge in [0.1, 0.15) is 0 Å². The number of nitrogens with zero attached hydrogens (tertiary/aromatic N) is 2. The lowest BCUT2D eigenvalue weighted by molar-refractivity contribution is 0.381. The summed E-state index contributed by atoms with van der Waals surface area (Å²) in [6.45, 7) is 3.10. The van der Waals surface area contributed by atoms with Crippen molar-refractivity contribution < 1.29 is 4.74 Å². The van der Waals surface area contributed by atoms with Crippen molar-refractivity contribution in [3.8, 4) is 5.88 Å². The van der Waals surface area contributed by atoms with Crippen LogP contribution in [0.1, 0.15) is 30.6 Å². The van der Waals surface area contributed by atoms with Crippen LogP contribution < -0.4 is 10.1 Å². The molecule has 1 atom stereocenters. The minimum Gasteiger partial charge on any atom is -0.481 e. The molecule has 112 valence electrons. The van der Waals surface area contributed by atoms with Crippen LogP contribution in [0.4, 0.5) is 0 Å². The number of methoxy groups -OCH3 is 1. The number of halogens is 1. The summed E-state index contributed by atoms with van der Waals surface area (Å²) in [6, 6.07) is 8.18. The highest BCUT2D eigenvalue weighted by Crippen LogP contribution is 2.25. The first kappa shape index (κ1) is 15.9. The van der Waals surface area contributed by atoms with Crippen molar-refractivity contribution in [1.82, 2.24) is 15.3 Å². The average Bonchev–Trinajstić information content (AvgIpc) is 2.53.